The zero-order valence-electron chi connectivity index (χ0n) is 15.9. The number of rotatable bonds is 3. The average molecular weight is 369 g/mol. The average Bonchev–Trinajstić information content (AvgIpc) is 3.08. The second-order valence-electron chi connectivity index (χ2n) is 6.82. The van der Waals surface area contributed by atoms with E-state index in [2.05, 4.69) is 16.4 Å². The fourth-order valence-corrected chi connectivity index (χ4v) is 3.32. The van der Waals surface area contributed by atoms with Crippen molar-refractivity contribution in [2.45, 2.75) is 6.92 Å². The molecule has 0 atom stereocenters. The van der Waals surface area contributed by atoms with Crippen molar-refractivity contribution in [1.82, 2.24) is 9.38 Å². The first-order chi connectivity index (χ1) is 13.5. The van der Waals surface area contributed by atoms with Gasteiger partial charge in [0.1, 0.15) is 6.07 Å². The molecular formula is C22H19N5O. The first-order valence-corrected chi connectivity index (χ1v) is 8.89. The molecule has 0 spiro atoms. The Bertz CT molecular complexity index is 1360. The molecule has 138 valence electrons. The first kappa shape index (κ1) is 17.6. The molecule has 2 heterocycles. The van der Waals surface area contributed by atoms with Crippen LogP contribution in [-0.4, -0.2) is 23.5 Å². The minimum atomic E-state index is -0.198. The van der Waals surface area contributed by atoms with Crippen LogP contribution in [0.15, 0.2) is 53.3 Å². The van der Waals surface area contributed by atoms with Gasteiger partial charge in [0.2, 0.25) is 0 Å². The van der Waals surface area contributed by atoms with Crippen LogP contribution in [0.4, 0.5) is 11.4 Å². The van der Waals surface area contributed by atoms with Gasteiger partial charge in [-0.25, -0.2) is 4.98 Å². The van der Waals surface area contributed by atoms with Gasteiger partial charge in [-0.15, -0.1) is 0 Å². The molecule has 0 aliphatic carbocycles. The molecule has 0 saturated heterocycles. The summed E-state index contributed by atoms with van der Waals surface area (Å²) in [6.45, 7) is 1.78. The Kier molecular flexibility index (Phi) is 4.21. The predicted octanol–water partition coefficient (Wildman–Crippen LogP) is 2.66. The number of hydrogen-bond donors (Lipinski definition) is 1. The van der Waals surface area contributed by atoms with Crippen LogP contribution in [0.25, 0.3) is 22.9 Å². The Morgan fingerprint density at radius 2 is 1.96 bits per heavy atom. The Hall–Kier alpha value is -3.85. The zero-order chi connectivity index (χ0) is 19.8. The molecule has 0 radical (unpaired) electrons. The van der Waals surface area contributed by atoms with E-state index >= 15 is 0 Å². The first-order valence-electron chi connectivity index (χ1n) is 8.89. The second-order valence-corrected chi connectivity index (χ2v) is 6.82. The summed E-state index contributed by atoms with van der Waals surface area (Å²) >= 11 is 0. The lowest BCUT2D eigenvalue weighted by Gasteiger charge is -2.13. The number of nitrogens with one attached hydrogen (secondary N) is 1. The van der Waals surface area contributed by atoms with E-state index in [1.165, 1.54) is 4.40 Å². The van der Waals surface area contributed by atoms with Crippen molar-refractivity contribution < 1.29 is 0 Å². The van der Waals surface area contributed by atoms with Crippen molar-refractivity contribution >= 4 is 34.3 Å². The number of hydrogen-bond acceptors (Lipinski definition) is 5. The Morgan fingerprint density at radius 3 is 2.71 bits per heavy atom. The lowest BCUT2D eigenvalue weighted by molar-refractivity contribution is 1.10. The Balaban J connectivity index is 1.95. The molecule has 4 aromatic rings. The summed E-state index contributed by atoms with van der Waals surface area (Å²) < 4.78 is 1.52. The van der Waals surface area contributed by atoms with Gasteiger partial charge in [0.15, 0.2) is 5.65 Å². The molecule has 0 aliphatic heterocycles. The van der Waals surface area contributed by atoms with E-state index in [1.807, 2.05) is 67.5 Å². The molecule has 0 fully saturated rings. The van der Waals surface area contributed by atoms with Gasteiger partial charge in [-0.3, -0.25) is 9.20 Å². The quantitative estimate of drug-likeness (QED) is 0.601. The maximum absolute atomic E-state index is 13.2. The molecule has 2 aromatic carbocycles. The minimum Gasteiger partial charge on any atom is -0.378 e. The van der Waals surface area contributed by atoms with Gasteiger partial charge < -0.3 is 10.2 Å². The molecular weight excluding hydrogens is 350 g/mol. The molecule has 28 heavy (non-hydrogen) atoms. The number of pyridine rings is 1. The van der Waals surface area contributed by atoms with Crippen LogP contribution in [0.5, 0.6) is 0 Å². The topological polar surface area (TPSA) is 73.4 Å². The van der Waals surface area contributed by atoms with E-state index in [0.29, 0.717) is 33.0 Å². The van der Waals surface area contributed by atoms with Crippen LogP contribution in [0.1, 0.15) is 11.1 Å². The largest absolute Gasteiger partial charge is 0.378 e. The molecule has 1 N–H and O–H groups in total. The summed E-state index contributed by atoms with van der Waals surface area (Å²) in [7, 11) is 3.94. The Labute approximate surface area is 162 Å². The number of nitriles is 1. The van der Waals surface area contributed by atoms with Gasteiger partial charge in [0.05, 0.1) is 21.8 Å². The van der Waals surface area contributed by atoms with Gasteiger partial charge in [0.25, 0.3) is 5.56 Å². The minimum absolute atomic E-state index is 0.198. The maximum atomic E-state index is 13.2. The summed E-state index contributed by atoms with van der Waals surface area (Å²) in [5.41, 5.74) is 4.53. The molecule has 0 aliphatic rings. The van der Waals surface area contributed by atoms with Crippen LogP contribution < -0.4 is 21.0 Å². The number of benzene rings is 2. The molecule has 6 nitrogen and oxygen atoms in total. The highest BCUT2D eigenvalue weighted by Crippen LogP contribution is 2.19. The van der Waals surface area contributed by atoms with Crippen LogP contribution in [0.2, 0.25) is 0 Å². The zero-order valence-corrected chi connectivity index (χ0v) is 15.9. The molecule has 0 saturated carbocycles. The van der Waals surface area contributed by atoms with Crippen LogP contribution >= 0.6 is 0 Å². The summed E-state index contributed by atoms with van der Waals surface area (Å²) in [4.78, 5) is 19.7. The normalized spacial score (nSPS) is 11.7. The van der Waals surface area contributed by atoms with Crippen LogP contribution in [0.3, 0.4) is 0 Å². The molecule has 0 bridgehead atoms. The molecule has 0 unspecified atom stereocenters. The summed E-state index contributed by atoms with van der Waals surface area (Å²) in [6, 6.07) is 17.5. The fourth-order valence-electron chi connectivity index (χ4n) is 3.32. The highest BCUT2D eigenvalue weighted by Gasteiger charge is 2.15. The Morgan fingerprint density at radius 1 is 1.18 bits per heavy atom. The van der Waals surface area contributed by atoms with Crippen molar-refractivity contribution in [2.24, 2.45) is 0 Å². The third-order valence-corrected chi connectivity index (χ3v) is 4.85. The van der Waals surface area contributed by atoms with Crippen molar-refractivity contribution in [1.29, 1.82) is 5.26 Å². The van der Waals surface area contributed by atoms with Crippen LogP contribution in [0, 0.1) is 18.3 Å². The molecule has 2 aromatic heterocycles. The maximum Gasteiger partial charge on any atom is 0.265 e. The highest BCUT2D eigenvalue weighted by atomic mass is 16.1. The number of anilines is 2. The van der Waals surface area contributed by atoms with E-state index in [1.54, 1.807) is 13.1 Å². The number of fused-ring (bicyclic) bond motifs is 3. The van der Waals surface area contributed by atoms with Gasteiger partial charge in [-0.2, -0.15) is 5.26 Å². The SMILES string of the molecule is Cc1c(C#N)c2nc3ccccc3n2c(=O)c1=CNc1cccc(N(C)C)c1. The number of nitrogens with zero attached hydrogens (tertiary/aromatic N) is 4. The van der Waals surface area contributed by atoms with E-state index in [0.717, 1.165) is 11.4 Å². The van der Waals surface area contributed by atoms with Gasteiger partial charge in [-0.1, -0.05) is 18.2 Å². The van der Waals surface area contributed by atoms with E-state index in [4.69, 9.17) is 0 Å². The number of imidazole rings is 1. The lowest BCUT2D eigenvalue weighted by atomic mass is 10.1. The summed E-state index contributed by atoms with van der Waals surface area (Å²) in [5, 5.41) is 13.3. The van der Waals surface area contributed by atoms with Crippen molar-refractivity contribution in [3.05, 3.63) is 75.2 Å². The number of para-hydroxylation sites is 2. The van der Waals surface area contributed by atoms with E-state index in [-0.39, 0.29) is 5.56 Å². The smallest absolute Gasteiger partial charge is 0.265 e. The van der Waals surface area contributed by atoms with Gasteiger partial charge in [0, 0.05) is 31.7 Å². The molecule has 0 amide bonds. The van der Waals surface area contributed by atoms with Crippen molar-refractivity contribution in [3.8, 4) is 6.07 Å². The lowest BCUT2D eigenvalue weighted by Crippen LogP contribution is -2.34. The van der Waals surface area contributed by atoms with Crippen molar-refractivity contribution in [3.63, 3.8) is 0 Å². The summed E-state index contributed by atoms with van der Waals surface area (Å²) in [5.74, 6) is 0. The highest BCUT2D eigenvalue weighted by molar-refractivity contribution is 5.82. The predicted molar refractivity (Wildman–Crippen MR) is 112 cm³/mol. The van der Waals surface area contributed by atoms with Gasteiger partial charge >= 0.3 is 0 Å². The summed E-state index contributed by atoms with van der Waals surface area (Å²) in [6.07, 6.45) is 1.67. The van der Waals surface area contributed by atoms with Gasteiger partial charge in [-0.05, 0) is 42.8 Å². The monoisotopic (exact) mass is 369 g/mol. The van der Waals surface area contributed by atoms with E-state index in [9.17, 15) is 10.1 Å². The molecule has 4 rings (SSSR count). The standard InChI is InChI=1S/C22H19N5O/c1-14-17(12-23)21-25-19-9-4-5-10-20(19)27(21)22(28)18(14)13-24-15-7-6-8-16(11-15)26(2)3/h4-11,13,24H,1-3H3. The second kappa shape index (κ2) is 6.71. The third-order valence-electron chi connectivity index (χ3n) is 4.85. The fraction of sp³-hybridized carbons (Fsp3) is 0.136. The van der Waals surface area contributed by atoms with Crippen LogP contribution in [-0.2, 0) is 0 Å². The van der Waals surface area contributed by atoms with E-state index < -0.39 is 0 Å². The van der Waals surface area contributed by atoms with Crippen molar-refractivity contribution in [2.75, 3.05) is 24.3 Å². The molecule has 6 heteroatoms. The number of aromatic nitrogens is 2. The third kappa shape index (κ3) is 2.74.